The maximum absolute atomic E-state index is 12.5. The predicted molar refractivity (Wildman–Crippen MR) is 108 cm³/mol. The Morgan fingerprint density at radius 1 is 1.04 bits per heavy atom. The van der Waals surface area contributed by atoms with E-state index in [0.29, 0.717) is 23.1 Å². The van der Waals surface area contributed by atoms with E-state index in [2.05, 4.69) is 20.6 Å². The van der Waals surface area contributed by atoms with Crippen molar-refractivity contribution in [1.82, 2.24) is 9.97 Å². The van der Waals surface area contributed by atoms with Crippen LogP contribution >= 0.6 is 0 Å². The highest BCUT2D eigenvalue weighted by atomic mass is 16.5. The van der Waals surface area contributed by atoms with Gasteiger partial charge in [0.15, 0.2) is 0 Å². The largest absolute Gasteiger partial charge is 0.497 e. The Morgan fingerprint density at radius 2 is 1.79 bits per heavy atom. The maximum atomic E-state index is 12.5. The number of nitrogens with one attached hydrogen (secondary N) is 2. The van der Waals surface area contributed by atoms with Gasteiger partial charge in [-0.25, -0.2) is 9.97 Å². The quantitative estimate of drug-likeness (QED) is 0.639. The Bertz CT molecular complexity index is 942. The van der Waals surface area contributed by atoms with Crippen LogP contribution in [0.2, 0.25) is 0 Å². The maximum Gasteiger partial charge on any atom is 0.274 e. The minimum absolute atomic E-state index is 0.0328. The van der Waals surface area contributed by atoms with E-state index in [1.807, 2.05) is 38.1 Å². The molecule has 2 N–H and O–H groups in total. The summed E-state index contributed by atoms with van der Waals surface area (Å²) in [6.07, 6.45) is 1.56. The van der Waals surface area contributed by atoms with Crippen LogP contribution in [0.5, 0.6) is 11.5 Å². The van der Waals surface area contributed by atoms with Crippen molar-refractivity contribution >= 4 is 23.2 Å². The molecule has 0 saturated heterocycles. The van der Waals surface area contributed by atoms with Gasteiger partial charge in [-0.1, -0.05) is 12.1 Å². The normalized spacial score (nSPS) is 10.4. The second kappa shape index (κ2) is 8.85. The molecule has 0 fully saturated rings. The second-order valence-corrected chi connectivity index (χ2v) is 6.24. The van der Waals surface area contributed by atoms with Crippen LogP contribution in [0.1, 0.15) is 24.3 Å². The summed E-state index contributed by atoms with van der Waals surface area (Å²) in [6.45, 7) is 3.91. The van der Waals surface area contributed by atoms with Gasteiger partial charge in [0.1, 0.15) is 17.2 Å². The fourth-order valence-electron chi connectivity index (χ4n) is 2.46. The lowest BCUT2D eigenvalue weighted by molar-refractivity contribution is 0.102. The number of para-hydroxylation sites is 2. The molecule has 0 atom stereocenters. The van der Waals surface area contributed by atoms with Crippen molar-refractivity contribution in [2.45, 2.75) is 20.0 Å². The summed E-state index contributed by atoms with van der Waals surface area (Å²) in [5.74, 6) is 1.38. The second-order valence-electron chi connectivity index (χ2n) is 6.24. The van der Waals surface area contributed by atoms with E-state index in [9.17, 15) is 4.79 Å². The number of nitrogens with zero attached hydrogens (tertiary/aromatic N) is 2. The Morgan fingerprint density at radius 3 is 2.50 bits per heavy atom. The number of amides is 1. The summed E-state index contributed by atoms with van der Waals surface area (Å²) >= 11 is 0. The molecule has 0 aliphatic rings. The highest BCUT2D eigenvalue weighted by molar-refractivity contribution is 6.03. The molecule has 0 spiro atoms. The lowest BCUT2D eigenvalue weighted by atomic mass is 10.3. The first-order valence-corrected chi connectivity index (χ1v) is 8.86. The first kappa shape index (κ1) is 19.2. The number of anilines is 3. The minimum Gasteiger partial charge on any atom is -0.497 e. The topological polar surface area (TPSA) is 85.4 Å². The summed E-state index contributed by atoms with van der Waals surface area (Å²) in [7, 11) is 1.59. The van der Waals surface area contributed by atoms with E-state index >= 15 is 0 Å². The van der Waals surface area contributed by atoms with Crippen molar-refractivity contribution in [2.75, 3.05) is 17.7 Å². The molecule has 0 bridgehead atoms. The van der Waals surface area contributed by atoms with Gasteiger partial charge in [-0.05, 0) is 56.3 Å². The van der Waals surface area contributed by atoms with Gasteiger partial charge in [0.2, 0.25) is 5.95 Å². The Labute approximate surface area is 163 Å². The van der Waals surface area contributed by atoms with Gasteiger partial charge >= 0.3 is 0 Å². The molecule has 7 nitrogen and oxygen atoms in total. The van der Waals surface area contributed by atoms with Gasteiger partial charge in [-0.3, -0.25) is 4.79 Å². The Kier molecular flexibility index (Phi) is 6.06. The van der Waals surface area contributed by atoms with E-state index in [1.54, 1.807) is 37.4 Å². The first-order valence-electron chi connectivity index (χ1n) is 8.86. The summed E-state index contributed by atoms with van der Waals surface area (Å²) in [5, 5.41) is 5.91. The van der Waals surface area contributed by atoms with E-state index in [1.165, 1.54) is 6.20 Å². The van der Waals surface area contributed by atoms with Crippen LogP contribution in [0.4, 0.5) is 17.3 Å². The van der Waals surface area contributed by atoms with Crippen LogP contribution in [-0.2, 0) is 0 Å². The SMILES string of the molecule is COc1ccc(NC(=O)c2ccnc(Nc3ccccc3OC(C)C)n2)cc1. The average molecular weight is 378 g/mol. The minimum atomic E-state index is -0.331. The standard InChI is InChI=1S/C21H22N4O3/c1-14(2)28-19-7-5-4-6-17(19)24-21-22-13-12-18(25-21)20(26)23-15-8-10-16(27-3)11-9-15/h4-14H,1-3H3,(H,23,26)(H,22,24,25). The summed E-state index contributed by atoms with van der Waals surface area (Å²) in [4.78, 5) is 21.0. The fraction of sp³-hybridized carbons (Fsp3) is 0.190. The van der Waals surface area contributed by atoms with E-state index in [4.69, 9.17) is 9.47 Å². The van der Waals surface area contributed by atoms with Crippen molar-refractivity contribution in [2.24, 2.45) is 0 Å². The molecule has 7 heteroatoms. The first-order chi connectivity index (χ1) is 13.5. The Balaban J connectivity index is 1.74. The molecular weight excluding hydrogens is 356 g/mol. The number of methoxy groups -OCH3 is 1. The van der Waals surface area contributed by atoms with E-state index in [0.717, 1.165) is 5.69 Å². The number of hydrogen-bond donors (Lipinski definition) is 2. The molecular formula is C21H22N4O3. The number of benzene rings is 2. The number of carbonyl (C=O) groups excluding carboxylic acids is 1. The number of carbonyl (C=O) groups is 1. The number of ether oxygens (including phenoxy) is 2. The number of aromatic nitrogens is 2. The van der Waals surface area contributed by atoms with Gasteiger partial charge in [0.25, 0.3) is 5.91 Å². The van der Waals surface area contributed by atoms with Crippen LogP contribution in [0.3, 0.4) is 0 Å². The molecule has 1 amide bonds. The average Bonchev–Trinajstić information content (AvgIpc) is 2.70. The monoisotopic (exact) mass is 378 g/mol. The molecule has 144 valence electrons. The van der Waals surface area contributed by atoms with Crippen molar-refractivity contribution in [3.8, 4) is 11.5 Å². The highest BCUT2D eigenvalue weighted by Gasteiger charge is 2.11. The zero-order valence-corrected chi connectivity index (χ0v) is 16.0. The van der Waals surface area contributed by atoms with E-state index < -0.39 is 0 Å². The third kappa shape index (κ3) is 4.97. The Hall–Kier alpha value is -3.61. The van der Waals surface area contributed by atoms with Gasteiger partial charge in [-0.15, -0.1) is 0 Å². The molecule has 0 unspecified atom stereocenters. The van der Waals surface area contributed by atoms with Gasteiger partial charge in [-0.2, -0.15) is 0 Å². The number of hydrogen-bond acceptors (Lipinski definition) is 6. The molecule has 1 aromatic heterocycles. The van der Waals surface area contributed by atoms with Crippen molar-refractivity contribution < 1.29 is 14.3 Å². The highest BCUT2D eigenvalue weighted by Crippen LogP contribution is 2.27. The lowest BCUT2D eigenvalue weighted by Gasteiger charge is -2.14. The van der Waals surface area contributed by atoms with Gasteiger partial charge < -0.3 is 20.1 Å². The van der Waals surface area contributed by atoms with Gasteiger partial charge in [0, 0.05) is 11.9 Å². The zero-order chi connectivity index (χ0) is 19.9. The fourth-order valence-corrected chi connectivity index (χ4v) is 2.46. The molecule has 0 radical (unpaired) electrons. The number of rotatable bonds is 7. The summed E-state index contributed by atoms with van der Waals surface area (Å²) < 4.78 is 10.9. The molecule has 0 aliphatic carbocycles. The van der Waals surface area contributed by atoms with Crippen LogP contribution in [0.25, 0.3) is 0 Å². The molecule has 1 heterocycles. The molecule has 3 aromatic rings. The van der Waals surface area contributed by atoms with Crippen molar-refractivity contribution in [1.29, 1.82) is 0 Å². The molecule has 3 rings (SSSR count). The smallest absolute Gasteiger partial charge is 0.274 e. The van der Waals surface area contributed by atoms with Crippen LogP contribution < -0.4 is 20.1 Å². The van der Waals surface area contributed by atoms with E-state index in [-0.39, 0.29) is 17.7 Å². The zero-order valence-electron chi connectivity index (χ0n) is 16.0. The van der Waals surface area contributed by atoms with Gasteiger partial charge in [0.05, 0.1) is 18.9 Å². The molecule has 0 saturated carbocycles. The van der Waals surface area contributed by atoms with Crippen molar-refractivity contribution in [3.05, 3.63) is 66.5 Å². The molecule has 2 aromatic carbocycles. The molecule has 28 heavy (non-hydrogen) atoms. The predicted octanol–water partition coefficient (Wildman–Crippen LogP) is 4.27. The lowest BCUT2D eigenvalue weighted by Crippen LogP contribution is -2.15. The molecule has 0 aliphatic heterocycles. The van der Waals surface area contributed by atoms with Crippen LogP contribution in [-0.4, -0.2) is 29.1 Å². The summed E-state index contributed by atoms with van der Waals surface area (Å²) in [5.41, 5.74) is 1.62. The third-order valence-electron chi connectivity index (χ3n) is 3.73. The van der Waals surface area contributed by atoms with Crippen molar-refractivity contribution in [3.63, 3.8) is 0 Å². The summed E-state index contributed by atoms with van der Waals surface area (Å²) in [6, 6.07) is 16.1. The third-order valence-corrected chi connectivity index (χ3v) is 3.73. The van der Waals surface area contributed by atoms with Crippen LogP contribution in [0.15, 0.2) is 60.8 Å². The van der Waals surface area contributed by atoms with Crippen LogP contribution in [0, 0.1) is 0 Å².